The molecule has 0 aliphatic heterocycles. The van der Waals surface area contributed by atoms with Gasteiger partial charge in [0.2, 0.25) is 0 Å². The Balaban J connectivity index is 2.84. The van der Waals surface area contributed by atoms with Crippen LogP contribution >= 0.6 is 0 Å². The SMILES string of the molecule is C=CC(c1ccccc1)[S+](CCC(=O)O)CCC(=O)O. The van der Waals surface area contributed by atoms with E-state index in [0.29, 0.717) is 11.5 Å². The van der Waals surface area contributed by atoms with Crippen LogP contribution in [-0.4, -0.2) is 33.7 Å². The van der Waals surface area contributed by atoms with Crippen molar-refractivity contribution in [1.82, 2.24) is 0 Å². The molecule has 5 heteroatoms. The molecule has 0 fully saturated rings. The Morgan fingerprint density at radius 2 is 1.60 bits per heavy atom. The van der Waals surface area contributed by atoms with Gasteiger partial charge in [0.05, 0.1) is 12.8 Å². The summed E-state index contributed by atoms with van der Waals surface area (Å²) in [6.07, 6.45) is 1.90. The molecule has 0 spiro atoms. The van der Waals surface area contributed by atoms with Crippen LogP contribution in [0.2, 0.25) is 0 Å². The minimum absolute atomic E-state index is 0.00917. The molecule has 0 aromatic heterocycles. The van der Waals surface area contributed by atoms with Crippen LogP contribution < -0.4 is 0 Å². The molecule has 0 amide bonds. The lowest BCUT2D eigenvalue weighted by Crippen LogP contribution is -2.23. The van der Waals surface area contributed by atoms with E-state index in [2.05, 4.69) is 6.58 Å². The fourth-order valence-electron chi connectivity index (χ4n) is 1.90. The summed E-state index contributed by atoms with van der Waals surface area (Å²) >= 11 is 0. The Morgan fingerprint density at radius 1 is 1.10 bits per heavy atom. The Kier molecular flexibility index (Phi) is 6.87. The first-order valence-corrected chi connectivity index (χ1v) is 7.94. The second kappa shape index (κ2) is 8.43. The van der Waals surface area contributed by atoms with Crippen LogP contribution in [0.25, 0.3) is 0 Å². The Morgan fingerprint density at radius 3 is 2.00 bits per heavy atom. The minimum atomic E-state index is -0.853. The zero-order chi connectivity index (χ0) is 15.0. The fraction of sp³-hybridized carbons (Fsp3) is 0.333. The first kappa shape index (κ1) is 16.3. The zero-order valence-electron chi connectivity index (χ0n) is 11.2. The van der Waals surface area contributed by atoms with Crippen LogP contribution in [0.4, 0.5) is 0 Å². The van der Waals surface area contributed by atoms with Gasteiger partial charge in [0.25, 0.3) is 0 Å². The van der Waals surface area contributed by atoms with Crippen molar-refractivity contribution >= 4 is 22.8 Å². The number of carboxylic acids is 2. The average Bonchev–Trinajstić information content (AvgIpc) is 2.42. The molecule has 0 heterocycles. The molecule has 0 radical (unpaired) electrons. The Labute approximate surface area is 121 Å². The lowest BCUT2D eigenvalue weighted by molar-refractivity contribution is -0.137. The van der Waals surface area contributed by atoms with Gasteiger partial charge in [0.15, 0.2) is 5.25 Å². The van der Waals surface area contributed by atoms with Crippen LogP contribution in [0.15, 0.2) is 43.0 Å². The number of hydrogen-bond donors (Lipinski definition) is 2. The fourth-order valence-corrected chi connectivity index (χ4v) is 4.30. The average molecular weight is 295 g/mol. The summed E-state index contributed by atoms with van der Waals surface area (Å²) in [4.78, 5) is 21.5. The van der Waals surface area contributed by atoms with E-state index in [-0.39, 0.29) is 29.0 Å². The number of hydrogen-bond acceptors (Lipinski definition) is 2. The van der Waals surface area contributed by atoms with E-state index in [0.717, 1.165) is 5.56 Å². The van der Waals surface area contributed by atoms with Crippen molar-refractivity contribution in [2.45, 2.75) is 18.1 Å². The number of carbonyl (C=O) groups is 2. The van der Waals surface area contributed by atoms with Crippen molar-refractivity contribution in [2.24, 2.45) is 0 Å². The van der Waals surface area contributed by atoms with Crippen molar-refractivity contribution in [3.05, 3.63) is 48.6 Å². The van der Waals surface area contributed by atoms with E-state index in [1.165, 1.54) is 0 Å². The molecule has 0 bridgehead atoms. The van der Waals surface area contributed by atoms with Crippen LogP contribution in [0, 0.1) is 0 Å². The quantitative estimate of drug-likeness (QED) is 0.542. The normalized spacial score (nSPS) is 12.1. The summed E-state index contributed by atoms with van der Waals surface area (Å²) in [6.45, 7) is 3.82. The predicted octanol–water partition coefficient (Wildman–Crippen LogP) is 2.48. The predicted molar refractivity (Wildman–Crippen MR) is 81.0 cm³/mol. The largest absolute Gasteiger partial charge is 0.481 e. The van der Waals surface area contributed by atoms with Gasteiger partial charge in [-0.25, -0.2) is 0 Å². The molecule has 0 aliphatic rings. The highest BCUT2D eigenvalue weighted by Gasteiger charge is 2.30. The third-order valence-electron chi connectivity index (χ3n) is 2.86. The van der Waals surface area contributed by atoms with Crippen molar-refractivity contribution in [3.63, 3.8) is 0 Å². The maximum absolute atomic E-state index is 10.8. The van der Waals surface area contributed by atoms with Gasteiger partial charge in [-0.15, -0.1) is 0 Å². The highest BCUT2D eigenvalue weighted by molar-refractivity contribution is 7.97. The van der Waals surface area contributed by atoms with Gasteiger partial charge in [-0.3, -0.25) is 9.59 Å². The molecule has 1 atom stereocenters. The summed E-state index contributed by atoms with van der Waals surface area (Å²) in [5, 5.41) is 17.7. The molecule has 1 unspecified atom stereocenters. The number of aliphatic carboxylic acids is 2. The van der Waals surface area contributed by atoms with E-state index >= 15 is 0 Å². The molecular weight excluding hydrogens is 276 g/mol. The highest BCUT2D eigenvalue weighted by Crippen LogP contribution is 2.27. The molecule has 0 saturated heterocycles. The summed E-state index contributed by atoms with van der Waals surface area (Å²) < 4.78 is 0. The van der Waals surface area contributed by atoms with E-state index in [1.807, 2.05) is 30.3 Å². The molecular formula is C15H19O4S+. The lowest BCUT2D eigenvalue weighted by Gasteiger charge is -2.16. The van der Waals surface area contributed by atoms with Crippen LogP contribution in [0.1, 0.15) is 23.7 Å². The number of carboxylic acid groups (broad SMARTS) is 2. The summed E-state index contributed by atoms with van der Waals surface area (Å²) in [5.41, 5.74) is 1.06. The molecule has 20 heavy (non-hydrogen) atoms. The van der Waals surface area contributed by atoms with Gasteiger partial charge in [0.1, 0.15) is 11.5 Å². The van der Waals surface area contributed by atoms with Gasteiger partial charge in [0, 0.05) is 5.56 Å². The zero-order valence-corrected chi connectivity index (χ0v) is 12.0. The van der Waals surface area contributed by atoms with Crippen molar-refractivity contribution < 1.29 is 19.8 Å². The molecule has 108 valence electrons. The number of benzene rings is 1. The maximum Gasteiger partial charge on any atom is 0.308 e. The van der Waals surface area contributed by atoms with Gasteiger partial charge in [-0.05, 0) is 17.0 Å². The summed E-state index contributed by atoms with van der Waals surface area (Å²) in [6, 6.07) is 9.68. The second-order valence-corrected chi connectivity index (χ2v) is 6.70. The third kappa shape index (κ3) is 5.48. The Bertz CT molecular complexity index is 440. The first-order valence-electron chi connectivity index (χ1n) is 6.32. The maximum atomic E-state index is 10.8. The molecule has 4 nitrogen and oxygen atoms in total. The van der Waals surface area contributed by atoms with Gasteiger partial charge < -0.3 is 10.2 Å². The smallest absolute Gasteiger partial charge is 0.308 e. The second-order valence-electron chi connectivity index (χ2n) is 4.30. The van der Waals surface area contributed by atoms with Gasteiger partial charge >= 0.3 is 11.9 Å². The minimum Gasteiger partial charge on any atom is -0.481 e. The molecule has 2 N–H and O–H groups in total. The van der Waals surface area contributed by atoms with Crippen molar-refractivity contribution in [2.75, 3.05) is 11.5 Å². The van der Waals surface area contributed by atoms with E-state index < -0.39 is 11.9 Å². The van der Waals surface area contributed by atoms with E-state index in [4.69, 9.17) is 10.2 Å². The standard InChI is InChI=1S/C15H18O4S/c1-2-13(12-6-4-3-5-7-12)20(10-8-14(16)17)11-9-15(18)19/h2-7,13H,1,8-11H2,(H-,16,17,18,19)/p+1. The molecule has 1 rings (SSSR count). The highest BCUT2D eigenvalue weighted by atomic mass is 32.2. The monoisotopic (exact) mass is 295 g/mol. The van der Waals surface area contributed by atoms with Crippen LogP contribution in [-0.2, 0) is 20.5 Å². The third-order valence-corrected chi connectivity index (χ3v) is 5.50. The van der Waals surface area contributed by atoms with Gasteiger partial charge in [-0.1, -0.05) is 36.9 Å². The van der Waals surface area contributed by atoms with Gasteiger partial charge in [-0.2, -0.15) is 0 Å². The van der Waals surface area contributed by atoms with Crippen LogP contribution in [0.5, 0.6) is 0 Å². The molecule has 0 saturated carbocycles. The van der Waals surface area contributed by atoms with Crippen molar-refractivity contribution in [1.29, 1.82) is 0 Å². The molecule has 1 aromatic rings. The molecule has 0 aliphatic carbocycles. The van der Waals surface area contributed by atoms with Crippen molar-refractivity contribution in [3.8, 4) is 0 Å². The summed E-state index contributed by atoms with van der Waals surface area (Å²) in [7, 11) is -0.334. The summed E-state index contributed by atoms with van der Waals surface area (Å²) in [5.74, 6) is -0.745. The molecule has 1 aromatic carbocycles. The van der Waals surface area contributed by atoms with Crippen LogP contribution in [0.3, 0.4) is 0 Å². The lowest BCUT2D eigenvalue weighted by atomic mass is 10.1. The van der Waals surface area contributed by atoms with E-state index in [9.17, 15) is 9.59 Å². The topological polar surface area (TPSA) is 74.6 Å². The number of rotatable bonds is 9. The first-order chi connectivity index (χ1) is 9.54. The van der Waals surface area contributed by atoms with E-state index in [1.54, 1.807) is 6.08 Å². The Hall–Kier alpha value is -1.75.